The molecule has 0 saturated heterocycles. The average molecular weight is 476 g/mol. The van der Waals surface area contributed by atoms with Gasteiger partial charge in [0.2, 0.25) is 0 Å². The van der Waals surface area contributed by atoms with Crippen molar-refractivity contribution in [3.63, 3.8) is 0 Å². The van der Waals surface area contributed by atoms with Gasteiger partial charge in [0.25, 0.3) is 0 Å². The van der Waals surface area contributed by atoms with Crippen LogP contribution in [-0.4, -0.2) is 9.97 Å². The molecule has 0 aliphatic carbocycles. The number of fused-ring (bicyclic) bond motifs is 1. The Morgan fingerprint density at radius 2 is 1.52 bits per heavy atom. The molecule has 0 aliphatic heterocycles. The summed E-state index contributed by atoms with van der Waals surface area (Å²) in [6.07, 6.45) is 0. The average Bonchev–Trinajstić information content (AvgIpc) is 2.79. The maximum atomic E-state index is 11.4. The second kappa shape index (κ2) is 5.72. The molecule has 3 rings (SSSR count). The van der Waals surface area contributed by atoms with Crippen LogP contribution in [0.2, 0.25) is 0 Å². The highest BCUT2D eigenvalue weighted by Crippen LogP contribution is 2.34. The zero-order valence-electron chi connectivity index (χ0n) is 10.6. The lowest BCUT2D eigenvalue weighted by Gasteiger charge is -2.16. The lowest BCUT2D eigenvalue weighted by molar-refractivity contribution is 0.861. The first kappa shape index (κ1) is 15.0. The summed E-state index contributed by atoms with van der Waals surface area (Å²) in [6.45, 7) is 0. The zero-order valence-corrected chi connectivity index (χ0v) is 15.3. The maximum Gasteiger partial charge on any atom is 0.323 e. The molecule has 1 aromatic heterocycles. The highest BCUT2D eigenvalue weighted by Gasteiger charge is 2.17. The van der Waals surface area contributed by atoms with E-state index >= 15 is 0 Å². The molecule has 0 radical (unpaired) electrons. The number of hydrogen-bond donors (Lipinski definition) is 3. The third-order valence-corrected chi connectivity index (χ3v) is 5.16. The molecule has 0 spiro atoms. The molecule has 108 valence electrons. The lowest BCUT2D eigenvalue weighted by Crippen LogP contribution is -2.13. The Bertz CT molecular complexity index is 885. The molecule has 1 heterocycles. The fraction of sp³-hybridized carbons (Fsp3) is 0.0714. The number of imidazole rings is 1. The topological polar surface area (TPSA) is 74.7 Å². The predicted molar refractivity (Wildman–Crippen MR) is 94.5 cm³/mol. The Labute approximate surface area is 145 Å². The SMILES string of the molecule is NC(c1cc(Br)ccc1Br)c1cc2[nH]c(=O)[nH]c2cc1Br. The van der Waals surface area contributed by atoms with Gasteiger partial charge in [-0.15, -0.1) is 0 Å². The van der Waals surface area contributed by atoms with Gasteiger partial charge in [0.05, 0.1) is 17.1 Å². The summed E-state index contributed by atoms with van der Waals surface area (Å²) >= 11 is 10.5. The molecular formula is C14H10Br3N3O. The molecule has 4 N–H and O–H groups in total. The minimum atomic E-state index is -0.325. The Morgan fingerprint density at radius 1 is 0.905 bits per heavy atom. The smallest absolute Gasteiger partial charge is 0.320 e. The van der Waals surface area contributed by atoms with Gasteiger partial charge in [0, 0.05) is 13.4 Å². The third-order valence-electron chi connectivity index (χ3n) is 3.26. The van der Waals surface area contributed by atoms with Crippen LogP contribution in [0, 0.1) is 0 Å². The van der Waals surface area contributed by atoms with Gasteiger partial charge in [-0.1, -0.05) is 47.8 Å². The quantitative estimate of drug-likeness (QED) is 0.520. The van der Waals surface area contributed by atoms with Crippen molar-refractivity contribution in [2.75, 3.05) is 0 Å². The van der Waals surface area contributed by atoms with Gasteiger partial charge in [0.1, 0.15) is 0 Å². The van der Waals surface area contributed by atoms with E-state index < -0.39 is 0 Å². The van der Waals surface area contributed by atoms with Crippen LogP contribution in [0.25, 0.3) is 11.0 Å². The van der Waals surface area contributed by atoms with E-state index in [1.165, 1.54) is 0 Å². The van der Waals surface area contributed by atoms with E-state index in [1.54, 1.807) is 0 Å². The van der Waals surface area contributed by atoms with Gasteiger partial charge < -0.3 is 15.7 Å². The largest absolute Gasteiger partial charge is 0.323 e. The zero-order chi connectivity index (χ0) is 15.1. The van der Waals surface area contributed by atoms with Gasteiger partial charge >= 0.3 is 5.69 Å². The maximum absolute atomic E-state index is 11.4. The van der Waals surface area contributed by atoms with Crippen molar-refractivity contribution in [1.82, 2.24) is 9.97 Å². The number of halogens is 3. The van der Waals surface area contributed by atoms with Crippen LogP contribution in [0.4, 0.5) is 0 Å². The van der Waals surface area contributed by atoms with Gasteiger partial charge in [-0.2, -0.15) is 0 Å². The van der Waals surface area contributed by atoms with Crippen molar-refractivity contribution >= 4 is 58.8 Å². The van der Waals surface area contributed by atoms with Crippen LogP contribution in [0.5, 0.6) is 0 Å². The van der Waals surface area contributed by atoms with E-state index in [-0.39, 0.29) is 11.7 Å². The number of hydrogen-bond acceptors (Lipinski definition) is 2. The van der Waals surface area contributed by atoms with E-state index in [1.807, 2.05) is 30.3 Å². The monoisotopic (exact) mass is 473 g/mol. The molecule has 0 fully saturated rings. The van der Waals surface area contributed by atoms with Crippen molar-refractivity contribution in [3.8, 4) is 0 Å². The van der Waals surface area contributed by atoms with Gasteiger partial charge in [-0.25, -0.2) is 4.79 Å². The molecule has 2 aromatic carbocycles. The molecule has 0 amide bonds. The first-order valence-corrected chi connectivity index (χ1v) is 8.45. The second-order valence-corrected chi connectivity index (χ2v) is 7.27. The van der Waals surface area contributed by atoms with Crippen molar-refractivity contribution in [2.45, 2.75) is 6.04 Å². The number of nitrogens with two attached hydrogens (primary N) is 1. The van der Waals surface area contributed by atoms with Crippen LogP contribution in [0.3, 0.4) is 0 Å². The van der Waals surface area contributed by atoms with Gasteiger partial charge in [0.15, 0.2) is 0 Å². The van der Waals surface area contributed by atoms with Crippen molar-refractivity contribution in [1.29, 1.82) is 0 Å². The van der Waals surface area contributed by atoms with E-state index in [0.717, 1.165) is 35.6 Å². The van der Waals surface area contributed by atoms with Crippen molar-refractivity contribution in [3.05, 3.63) is 65.4 Å². The summed E-state index contributed by atoms with van der Waals surface area (Å²) in [5, 5.41) is 0. The normalized spacial score (nSPS) is 12.8. The fourth-order valence-corrected chi connectivity index (χ4v) is 3.69. The minimum absolute atomic E-state index is 0.230. The van der Waals surface area contributed by atoms with Crippen LogP contribution in [0.1, 0.15) is 17.2 Å². The molecule has 0 aliphatic rings. The lowest BCUT2D eigenvalue weighted by atomic mass is 9.99. The Morgan fingerprint density at radius 3 is 2.24 bits per heavy atom. The Kier molecular flexibility index (Phi) is 4.09. The molecule has 1 unspecified atom stereocenters. The number of rotatable bonds is 2. The number of nitrogens with one attached hydrogen (secondary N) is 2. The number of H-pyrrole nitrogens is 2. The Balaban J connectivity index is 2.16. The summed E-state index contributed by atoms with van der Waals surface area (Å²) in [4.78, 5) is 16.9. The van der Waals surface area contributed by atoms with Crippen LogP contribution < -0.4 is 11.4 Å². The van der Waals surface area contributed by atoms with Crippen LogP contribution in [-0.2, 0) is 0 Å². The number of benzene rings is 2. The second-order valence-electron chi connectivity index (χ2n) is 4.64. The summed E-state index contributed by atoms with van der Waals surface area (Å²) in [5.41, 5.74) is 9.51. The molecule has 21 heavy (non-hydrogen) atoms. The van der Waals surface area contributed by atoms with Crippen molar-refractivity contribution in [2.24, 2.45) is 5.73 Å². The van der Waals surface area contributed by atoms with Crippen LogP contribution >= 0.6 is 47.8 Å². The third kappa shape index (κ3) is 2.88. The molecule has 7 heteroatoms. The molecule has 0 saturated carbocycles. The number of aromatic nitrogens is 2. The molecule has 3 aromatic rings. The minimum Gasteiger partial charge on any atom is -0.320 e. The van der Waals surface area contributed by atoms with Crippen LogP contribution in [0.15, 0.2) is 48.5 Å². The van der Waals surface area contributed by atoms with Gasteiger partial charge in [-0.05, 0) is 41.5 Å². The van der Waals surface area contributed by atoms with Crippen molar-refractivity contribution < 1.29 is 0 Å². The van der Waals surface area contributed by atoms with Gasteiger partial charge in [-0.3, -0.25) is 0 Å². The molecule has 4 nitrogen and oxygen atoms in total. The van der Waals surface area contributed by atoms with E-state index in [0.29, 0.717) is 0 Å². The first-order chi connectivity index (χ1) is 9.95. The summed E-state index contributed by atoms with van der Waals surface area (Å²) in [6, 6.07) is 9.29. The summed E-state index contributed by atoms with van der Waals surface area (Å²) in [7, 11) is 0. The molecule has 0 bridgehead atoms. The predicted octanol–water partition coefficient (Wildman–Crippen LogP) is 4.19. The molecular weight excluding hydrogens is 466 g/mol. The van der Waals surface area contributed by atoms with E-state index in [9.17, 15) is 4.79 Å². The highest BCUT2D eigenvalue weighted by molar-refractivity contribution is 9.11. The van der Waals surface area contributed by atoms with E-state index in [4.69, 9.17) is 5.73 Å². The molecule has 1 atom stereocenters. The summed E-state index contributed by atoms with van der Waals surface area (Å²) in [5.74, 6) is 0. The fourth-order valence-electron chi connectivity index (χ4n) is 2.23. The summed E-state index contributed by atoms with van der Waals surface area (Å²) < 4.78 is 2.75. The number of aromatic amines is 2. The van der Waals surface area contributed by atoms with E-state index in [2.05, 4.69) is 57.8 Å². The Hall–Kier alpha value is -0.890. The first-order valence-electron chi connectivity index (χ1n) is 6.07. The standard InChI is InChI=1S/C14H10Br3N3O/c15-6-1-2-9(16)7(3-6)13(18)8-4-11-12(5-10(8)17)20-14(21)19-11/h1-5,13H,18H2,(H2,19,20,21). The highest BCUT2D eigenvalue weighted by atomic mass is 79.9.